The van der Waals surface area contributed by atoms with Gasteiger partial charge in [0.25, 0.3) is 11.5 Å². The van der Waals surface area contributed by atoms with Gasteiger partial charge in [-0.15, -0.1) is 0 Å². The fourth-order valence-corrected chi connectivity index (χ4v) is 3.03. The van der Waals surface area contributed by atoms with Gasteiger partial charge in [0.2, 0.25) is 5.91 Å². The van der Waals surface area contributed by atoms with Gasteiger partial charge >= 0.3 is 0 Å². The summed E-state index contributed by atoms with van der Waals surface area (Å²) in [5.74, 6) is 0.554. The molecule has 0 spiro atoms. The molecule has 1 aliphatic rings. The van der Waals surface area contributed by atoms with E-state index in [1.807, 2.05) is 24.3 Å². The van der Waals surface area contributed by atoms with Gasteiger partial charge in [0.05, 0.1) is 13.5 Å². The molecule has 1 aliphatic heterocycles. The van der Waals surface area contributed by atoms with Gasteiger partial charge in [-0.2, -0.15) is 5.10 Å². The lowest BCUT2D eigenvalue weighted by Crippen LogP contribution is -2.38. The Bertz CT molecular complexity index is 842. The van der Waals surface area contributed by atoms with Gasteiger partial charge in [-0.25, -0.2) is 5.10 Å². The van der Waals surface area contributed by atoms with Gasteiger partial charge < -0.3 is 14.5 Å². The third-order valence-corrected chi connectivity index (χ3v) is 4.55. The number of hydrogen-bond donors (Lipinski definition) is 1. The summed E-state index contributed by atoms with van der Waals surface area (Å²) in [4.78, 5) is 39.7. The molecule has 8 heteroatoms. The van der Waals surface area contributed by atoms with Crippen LogP contribution in [0, 0.1) is 0 Å². The van der Waals surface area contributed by atoms with Crippen LogP contribution >= 0.6 is 0 Å². The van der Waals surface area contributed by atoms with Crippen molar-refractivity contribution in [3.8, 4) is 5.75 Å². The summed E-state index contributed by atoms with van der Waals surface area (Å²) in [6, 6.07) is 10.1. The summed E-state index contributed by atoms with van der Waals surface area (Å²) in [6.07, 6.45) is 1.02. The first-order valence-corrected chi connectivity index (χ1v) is 8.82. The smallest absolute Gasteiger partial charge is 0.274 e. The zero-order chi connectivity index (χ0) is 19.2. The van der Waals surface area contributed by atoms with E-state index in [0.29, 0.717) is 39.0 Å². The Kier molecular flexibility index (Phi) is 5.85. The molecule has 2 amide bonds. The number of ether oxygens (including phenoxy) is 1. The molecular formula is C19H22N4O4. The van der Waals surface area contributed by atoms with Crippen molar-refractivity contribution >= 4 is 11.8 Å². The van der Waals surface area contributed by atoms with Crippen LogP contribution < -0.4 is 10.3 Å². The molecule has 2 heterocycles. The van der Waals surface area contributed by atoms with E-state index in [4.69, 9.17) is 4.74 Å². The Labute approximate surface area is 156 Å². The van der Waals surface area contributed by atoms with E-state index >= 15 is 0 Å². The quantitative estimate of drug-likeness (QED) is 0.855. The molecule has 0 radical (unpaired) electrons. The van der Waals surface area contributed by atoms with E-state index in [1.165, 1.54) is 12.1 Å². The molecule has 142 valence electrons. The molecule has 0 unspecified atom stereocenters. The third-order valence-electron chi connectivity index (χ3n) is 4.55. The highest BCUT2D eigenvalue weighted by Gasteiger charge is 2.23. The molecule has 0 bridgehead atoms. The van der Waals surface area contributed by atoms with E-state index in [1.54, 1.807) is 16.9 Å². The van der Waals surface area contributed by atoms with Crippen LogP contribution in [0.25, 0.3) is 0 Å². The number of aromatic amines is 1. The lowest BCUT2D eigenvalue weighted by atomic mass is 10.1. The largest absolute Gasteiger partial charge is 0.497 e. The molecule has 0 aliphatic carbocycles. The molecule has 0 saturated carbocycles. The van der Waals surface area contributed by atoms with Crippen LogP contribution in [0.2, 0.25) is 0 Å². The number of methoxy groups -OCH3 is 1. The van der Waals surface area contributed by atoms with Crippen molar-refractivity contribution in [2.75, 3.05) is 33.3 Å². The van der Waals surface area contributed by atoms with Crippen LogP contribution in [-0.4, -0.2) is 65.1 Å². The minimum Gasteiger partial charge on any atom is -0.497 e. The molecule has 8 nitrogen and oxygen atoms in total. The van der Waals surface area contributed by atoms with Crippen molar-refractivity contribution < 1.29 is 14.3 Å². The van der Waals surface area contributed by atoms with Crippen LogP contribution in [0.1, 0.15) is 22.5 Å². The van der Waals surface area contributed by atoms with Crippen molar-refractivity contribution in [2.45, 2.75) is 12.8 Å². The summed E-state index contributed by atoms with van der Waals surface area (Å²) in [6.45, 7) is 2.07. The van der Waals surface area contributed by atoms with Crippen LogP contribution in [0.5, 0.6) is 5.75 Å². The maximum atomic E-state index is 12.6. The first-order chi connectivity index (χ1) is 13.1. The Hall–Kier alpha value is -3.16. The molecular weight excluding hydrogens is 348 g/mol. The van der Waals surface area contributed by atoms with Gasteiger partial charge in [0, 0.05) is 32.2 Å². The number of carbonyl (C=O) groups excluding carboxylic acids is 2. The van der Waals surface area contributed by atoms with Crippen molar-refractivity contribution in [3.63, 3.8) is 0 Å². The lowest BCUT2D eigenvalue weighted by molar-refractivity contribution is -0.130. The molecule has 1 fully saturated rings. The molecule has 0 atom stereocenters. The predicted molar refractivity (Wildman–Crippen MR) is 98.7 cm³/mol. The molecule has 1 N–H and O–H groups in total. The summed E-state index contributed by atoms with van der Waals surface area (Å²) in [5, 5.41) is 6.06. The average molecular weight is 370 g/mol. The van der Waals surface area contributed by atoms with Crippen molar-refractivity contribution in [3.05, 3.63) is 58.0 Å². The normalized spacial score (nSPS) is 14.6. The second kappa shape index (κ2) is 8.48. The number of nitrogens with one attached hydrogen (secondary N) is 1. The number of nitrogens with zero attached hydrogens (tertiary/aromatic N) is 3. The van der Waals surface area contributed by atoms with Gasteiger partial charge in [-0.1, -0.05) is 12.1 Å². The van der Waals surface area contributed by atoms with Crippen molar-refractivity contribution in [2.24, 2.45) is 0 Å². The van der Waals surface area contributed by atoms with E-state index in [2.05, 4.69) is 10.2 Å². The van der Waals surface area contributed by atoms with Crippen molar-refractivity contribution in [1.29, 1.82) is 0 Å². The minimum absolute atomic E-state index is 0.0385. The Morgan fingerprint density at radius 2 is 1.74 bits per heavy atom. The molecule has 3 rings (SSSR count). The SMILES string of the molecule is COc1ccc(CC(=O)N2CCCN(C(=O)c3ccc(=O)[nH]n3)CC2)cc1. The van der Waals surface area contributed by atoms with Gasteiger partial charge in [0.1, 0.15) is 11.4 Å². The lowest BCUT2D eigenvalue weighted by Gasteiger charge is -2.22. The highest BCUT2D eigenvalue weighted by molar-refractivity contribution is 5.92. The predicted octanol–water partition coefficient (Wildman–Crippen LogP) is 0.696. The minimum atomic E-state index is -0.349. The Morgan fingerprint density at radius 1 is 1.04 bits per heavy atom. The average Bonchev–Trinajstić information content (AvgIpc) is 2.95. The summed E-state index contributed by atoms with van der Waals surface area (Å²) in [7, 11) is 1.60. The monoisotopic (exact) mass is 370 g/mol. The topological polar surface area (TPSA) is 95.6 Å². The van der Waals surface area contributed by atoms with E-state index in [-0.39, 0.29) is 23.1 Å². The van der Waals surface area contributed by atoms with Crippen LogP contribution in [0.15, 0.2) is 41.2 Å². The Morgan fingerprint density at radius 3 is 2.41 bits per heavy atom. The molecule has 1 aromatic carbocycles. The third kappa shape index (κ3) is 4.72. The maximum absolute atomic E-state index is 12.6. The second-order valence-electron chi connectivity index (χ2n) is 6.36. The summed E-state index contributed by atoms with van der Waals surface area (Å²) < 4.78 is 5.13. The van der Waals surface area contributed by atoms with Gasteiger partial charge in [0.15, 0.2) is 0 Å². The highest BCUT2D eigenvalue weighted by atomic mass is 16.5. The number of carbonyl (C=O) groups is 2. The van der Waals surface area contributed by atoms with E-state index in [9.17, 15) is 14.4 Å². The van der Waals surface area contributed by atoms with Crippen molar-refractivity contribution in [1.82, 2.24) is 20.0 Å². The van der Waals surface area contributed by atoms with Gasteiger partial charge in [-0.05, 0) is 30.2 Å². The second-order valence-corrected chi connectivity index (χ2v) is 6.36. The number of H-pyrrole nitrogens is 1. The zero-order valence-electron chi connectivity index (χ0n) is 15.2. The fraction of sp³-hybridized carbons (Fsp3) is 0.368. The maximum Gasteiger partial charge on any atom is 0.274 e. The van der Waals surface area contributed by atoms with E-state index < -0.39 is 0 Å². The number of aromatic nitrogens is 2. The molecule has 1 saturated heterocycles. The molecule has 27 heavy (non-hydrogen) atoms. The standard InChI is InChI=1S/C19H22N4O4/c1-27-15-5-3-14(4-6-15)13-18(25)22-9-2-10-23(12-11-22)19(26)16-7-8-17(24)21-20-16/h3-8H,2,9-13H2,1H3,(H,21,24). The molecule has 1 aromatic heterocycles. The zero-order valence-corrected chi connectivity index (χ0v) is 15.2. The fourth-order valence-electron chi connectivity index (χ4n) is 3.03. The van der Waals surface area contributed by atoms with Crippen LogP contribution in [-0.2, 0) is 11.2 Å². The number of rotatable bonds is 4. The van der Waals surface area contributed by atoms with Crippen LogP contribution in [0.4, 0.5) is 0 Å². The number of amides is 2. The summed E-state index contributed by atoms with van der Waals surface area (Å²) in [5.41, 5.74) is 0.778. The van der Waals surface area contributed by atoms with E-state index in [0.717, 1.165) is 11.3 Å². The van der Waals surface area contributed by atoms with Crippen LogP contribution in [0.3, 0.4) is 0 Å². The first kappa shape index (κ1) is 18.6. The number of benzene rings is 1. The Balaban J connectivity index is 1.58. The summed E-state index contributed by atoms with van der Waals surface area (Å²) >= 11 is 0. The number of hydrogen-bond acceptors (Lipinski definition) is 5. The first-order valence-electron chi connectivity index (χ1n) is 8.82. The highest BCUT2D eigenvalue weighted by Crippen LogP contribution is 2.13. The molecule has 2 aromatic rings. The van der Waals surface area contributed by atoms with Gasteiger partial charge in [-0.3, -0.25) is 14.4 Å².